The standard InChI is InChI=1S/C30H27NO5/c1-19-26(18-27(32)35-20(2)21-6-4-3-5-7-21)28(36-31-19)24-10-8-22(9-11-24)23-12-14-25(15-13-23)30(16-17-30)29(33)34/h3-15,20H,16-18H2,1-2H3,(H,33,34)/t20-/m0/s1. The van der Waals surface area contributed by atoms with Crippen LogP contribution in [0.4, 0.5) is 0 Å². The summed E-state index contributed by atoms with van der Waals surface area (Å²) in [5.41, 5.74) is 5.26. The highest BCUT2D eigenvalue weighted by molar-refractivity contribution is 5.85. The van der Waals surface area contributed by atoms with Crippen LogP contribution in [-0.4, -0.2) is 22.2 Å². The largest absolute Gasteiger partial charge is 0.481 e. The van der Waals surface area contributed by atoms with E-state index in [2.05, 4.69) is 5.16 Å². The normalized spacial score (nSPS) is 14.7. The van der Waals surface area contributed by atoms with Gasteiger partial charge in [-0.2, -0.15) is 0 Å². The number of carboxylic acid groups (broad SMARTS) is 1. The van der Waals surface area contributed by atoms with Crippen LogP contribution in [0.25, 0.3) is 22.5 Å². The fourth-order valence-electron chi connectivity index (χ4n) is 4.55. The lowest BCUT2D eigenvalue weighted by atomic mass is 9.93. The average molecular weight is 482 g/mol. The summed E-state index contributed by atoms with van der Waals surface area (Å²) in [7, 11) is 0. The number of aryl methyl sites for hydroxylation is 1. The maximum absolute atomic E-state index is 12.7. The van der Waals surface area contributed by atoms with Gasteiger partial charge in [0.15, 0.2) is 5.76 Å². The van der Waals surface area contributed by atoms with Crippen LogP contribution in [0, 0.1) is 6.92 Å². The minimum absolute atomic E-state index is 0.0659. The van der Waals surface area contributed by atoms with Gasteiger partial charge in [0.2, 0.25) is 0 Å². The predicted octanol–water partition coefficient (Wildman–Crippen LogP) is 6.28. The molecule has 1 aromatic heterocycles. The molecule has 3 aromatic carbocycles. The van der Waals surface area contributed by atoms with E-state index in [0.29, 0.717) is 29.9 Å². The number of carbonyl (C=O) groups is 2. The van der Waals surface area contributed by atoms with Crippen LogP contribution in [0.3, 0.4) is 0 Å². The Labute approximate surface area is 209 Å². The number of hydrogen-bond acceptors (Lipinski definition) is 5. The van der Waals surface area contributed by atoms with Crippen molar-refractivity contribution in [1.82, 2.24) is 5.16 Å². The number of benzene rings is 3. The second kappa shape index (κ2) is 9.46. The Balaban J connectivity index is 1.30. The smallest absolute Gasteiger partial charge is 0.314 e. The van der Waals surface area contributed by atoms with E-state index >= 15 is 0 Å². The number of carbonyl (C=O) groups excluding carboxylic acids is 1. The molecular weight excluding hydrogens is 454 g/mol. The molecule has 0 aliphatic heterocycles. The molecular formula is C30H27NO5. The van der Waals surface area contributed by atoms with Crippen LogP contribution in [0.5, 0.6) is 0 Å². The summed E-state index contributed by atoms with van der Waals surface area (Å²) in [4.78, 5) is 24.3. The van der Waals surface area contributed by atoms with Gasteiger partial charge in [-0.25, -0.2) is 0 Å². The van der Waals surface area contributed by atoms with Gasteiger partial charge < -0.3 is 14.4 Å². The van der Waals surface area contributed by atoms with Gasteiger partial charge in [0, 0.05) is 11.1 Å². The maximum Gasteiger partial charge on any atom is 0.314 e. The lowest BCUT2D eigenvalue weighted by molar-refractivity contribution is -0.147. The molecule has 0 amide bonds. The molecule has 5 rings (SSSR count). The van der Waals surface area contributed by atoms with E-state index in [9.17, 15) is 14.7 Å². The predicted molar refractivity (Wildman–Crippen MR) is 135 cm³/mol. The average Bonchev–Trinajstić information content (AvgIpc) is 3.64. The Hall–Kier alpha value is -4.19. The Bertz CT molecular complexity index is 1380. The van der Waals surface area contributed by atoms with Gasteiger partial charge in [-0.15, -0.1) is 0 Å². The van der Waals surface area contributed by atoms with Crippen LogP contribution in [0.1, 0.15) is 48.3 Å². The molecule has 4 aromatic rings. The number of nitrogens with zero attached hydrogens (tertiary/aromatic N) is 1. The summed E-state index contributed by atoms with van der Waals surface area (Å²) >= 11 is 0. The lowest BCUT2D eigenvalue weighted by Gasteiger charge is -2.13. The topological polar surface area (TPSA) is 89.6 Å². The highest BCUT2D eigenvalue weighted by Crippen LogP contribution is 2.48. The van der Waals surface area contributed by atoms with Gasteiger partial charge in [-0.05, 0) is 48.9 Å². The van der Waals surface area contributed by atoms with Crippen molar-refractivity contribution in [1.29, 1.82) is 0 Å². The molecule has 6 heteroatoms. The maximum atomic E-state index is 12.7. The number of carboxylic acids is 1. The van der Waals surface area contributed by atoms with E-state index < -0.39 is 11.4 Å². The third kappa shape index (κ3) is 4.54. The van der Waals surface area contributed by atoms with Crippen molar-refractivity contribution in [3.63, 3.8) is 0 Å². The molecule has 1 aliphatic carbocycles. The monoisotopic (exact) mass is 481 g/mol. The molecule has 1 aliphatic rings. The van der Waals surface area contributed by atoms with Crippen molar-refractivity contribution >= 4 is 11.9 Å². The summed E-state index contributed by atoms with van der Waals surface area (Å²) in [5.74, 6) is -0.544. The first-order valence-electron chi connectivity index (χ1n) is 12.0. The van der Waals surface area contributed by atoms with E-state index in [1.165, 1.54) is 0 Å². The summed E-state index contributed by atoms with van der Waals surface area (Å²) in [6.07, 6.45) is 1.09. The van der Waals surface area contributed by atoms with Crippen molar-refractivity contribution in [3.05, 3.63) is 101 Å². The van der Waals surface area contributed by atoms with E-state index in [1.807, 2.05) is 92.7 Å². The van der Waals surface area contributed by atoms with E-state index in [4.69, 9.17) is 9.26 Å². The van der Waals surface area contributed by atoms with Crippen molar-refractivity contribution < 1.29 is 24.0 Å². The first-order valence-corrected chi connectivity index (χ1v) is 12.0. The first-order chi connectivity index (χ1) is 17.4. The van der Waals surface area contributed by atoms with E-state index in [0.717, 1.165) is 27.8 Å². The quantitative estimate of drug-likeness (QED) is 0.298. The summed E-state index contributed by atoms with van der Waals surface area (Å²) in [6, 6.07) is 25.2. The van der Waals surface area contributed by atoms with Gasteiger partial charge in [-0.1, -0.05) is 84.0 Å². The molecule has 0 saturated heterocycles. The number of aliphatic carboxylic acids is 1. The van der Waals surface area contributed by atoms with Crippen molar-refractivity contribution in [2.75, 3.05) is 0 Å². The number of hydrogen-bond donors (Lipinski definition) is 1. The zero-order valence-corrected chi connectivity index (χ0v) is 20.2. The van der Waals surface area contributed by atoms with Crippen molar-refractivity contribution in [2.45, 2.75) is 44.6 Å². The molecule has 0 unspecified atom stereocenters. The summed E-state index contributed by atoms with van der Waals surface area (Å²) in [5, 5.41) is 13.6. The lowest BCUT2D eigenvalue weighted by Crippen LogP contribution is -2.19. The molecule has 36 heavy (non-hydrogen) atoms. The first kappa shape index (κ1) is 23.5. The third-order valence-corrected chi connectivity index (χ3v) is 6.96. The molecule has 182 valence electrons. The van der Waals surface area contributed by atoms with Crippen LogP contribution < -0.4 is 0 Å². The summed E-state index contributed by atoms with van der Waals surface area (Å²) < 4.78 is 11.2. The van der Waals surface area contributed by atoms with Crippen LogP contribution in [0.15, 0.2) is 83.4 Å². The van der Waals surface area contributed by atoms with Crippen LogP contribution in [0.2, 0.25) is 0 Å². The minimum atomic E-state index is -0.754. The van der Waals surface area contributed by atoms with Gasteiger partial charge in [0.1, 0.15) is 6.10 Å². The second-order valence-corrected chi connectivity index (χ2v) is 9.34. The molecule has 1 N–H and O–H groups in total. The van der Waals surface area contributed by atoms with Gasteiger partial charge >= 0.3 is 11.9 Å². The zero-order valence-electron chi connectivity index (χ0n) is 20.2. The van der Waals surface area contributed by atoms with Gasteiger partial charge in [0.25, 0.3) is 0 Å². The molecule has 1 atom stereocenters. The third-order valence-electron chi connectivity index (χ3n) is 6.96. The molecule has 1 fully saturated rings. The van der Waals surface area contributed by atoms with Crippen molar-refractivity contribution in [2.24, 2.45) is 0 Å². The molecule has 1 saturated carbocycles. The minimum Gasteiger partial charge on any atom is -0.481 e. The van der Waals surface area contributed by atoms with Gasteiger partial charge in [0.05, 0.1) is 17.5 Å². The SMILES string of the molecule is Cc1noc(-c2ccc(-c3ccc(C4(C(=O)O)CC4)cc3)cc2)c1CC(=O)O[C@@H](C)c1ccccc1. The second-order valence-electron chi connectivity index (χ2n) is 9.34. The molecule has 0 bridgehead atoms. The van der Waals surface area contributed by atoms with Crippen molar-refractivity contribution in [3.8, 4) is 22.5 Å². The molecule has 0 radical (unpaired) electrons. The number of aromatic nitrogens is 1. The molecule has 6 nitrogen and oxygen atoms in total. The zero-order chi connectivity index (χ0) is 25.3. The Morgan fingerprint density at radius 3 is 2.11 bits per heavy atom. The number of rotatable bonds is 8. The highest BCUT2D eigenvalue weighted by Gasteiger charge is 2.51. The fourth-order valence-corrected chi connectivity index (χ4v) is 4.55. The number of ether oxygens (including phenoxy) is 1. The van der Waals surface area contributed by atoms with E-state index in [-0.39, 0.29) is 18.5 Å². The van der Waals surface area contributed by atoms with Crippen LogP contribution in [-0.2, 0) is 26.2 Å². The number of esters is 1. The molecule has 0 spiro atoms. The molecule has 1 heterocycles. The summed E-state index contributed by atoms with van der Waals surface area (Å²) in [6.45, 7) is 3.67. The fraction of sp³-hybridized carbons (Fsp3) is 0.233. The Kier molecular flexibility index (Phi) is 6.18. The highest BCUT2D eigenvalue weighted by atomic mass is 16.5. The Morgan fingerprint density at radius 2 is 1.53 bits per heavy atom. The van der Waals surface area contributed by atoms with Gasteiger partial charge in [-0.3, -0.25) is 9.59 Å². The van der Waals surface area contributed by atoms with E-state index in [1.54, 1.807) is 0 Å². The Morgan fingerprint density at radius 1 is 0.944 bits per heavy atom. The van der Waals surface area contributed by atoms with Crippen LogP contribution >= 0.6 is 0 Å².